The molecule has 1 heterocycles. The van der Waals surface area contributed by atoms with Gasteiger partial charge in [0.2, 0.25) is 0 Å². The Kier molecular flexibility index (Phi) is 5.13. The predicted molar refractivity (Wildman–Crippen MR) is 96.4 cm³/mol. The average Bonchev–Trinajstić information content (AvgIpc) is 2.60. The molecule has 0 radical (unpaired) electrons. The standard InChI is InChI=1S/C19H17BrO3/c20-10-4-5-11-22-15-8-9-16-18(12-15)23-13-17(19(16)21)14-6-2-1-3-7-14/h1-3,6-9,12-13H,4-5,10-11H2. The predicted octanol–water partition coefficient (Wildman–Crippen LogP) is 5.01. The van der Waals surface area contributed by atoms with Gasteiger partial charge >= 0.3 is 0 Å². The summed E-state index contributed by atoms with van der Waals surface area (Å²) in [5.41, 5.74) is 1.96. The van der Waals surface area contributed by atoms with Crippen molar-refractivity contribution in [1.29, 1.82) is 0 Å². The van der Waals surface area contributed by atoms with Crippen molar-refractivity contribution in [3.05, 3.63) is 65.0 Å². The van der Waals surface area contributed by atoms with Gasteiger partial charge in [0.25, 0.3) is 0 Å². The molecule has 0 N–H and O–H groups in total. The van der Waals surface area contributed by atoms with Crippen molar-refractivity contribution in [2.45, 2.75) is 12.8 Å². The number of ether oxygens (including phenoxy) is 1. The molecule has 3 nitrogen and oxygen atoms in total. The summed E-state index contributed by atoms with van der Waals surface area (Å²) in [6.07, 6.45) is 3.58. The summed E-state index contributed by atoms with van der Waals surface area (Å²) in [7, 11) is 0. The van der Waals surface area contributed by atoms with Gasteiger partial charge in [0.1, 0.15) is 17.6 Å². The van der Waals surface area contributed by atoms with E-state index < -0.39 is 0 Å². The van der Waals surface area contributed by atoms with Crippen LogP contribution in [-0.4, -0.2) is 11.9 Å². The molecular weight excluding hydrogens is 356 g/mol. The van der Waals surface area contributed by atoms with E-state index in [1.54, 1.807) is 12.1 Å². The second kappa shape index (κ2) is 7.47. The third-order valence-electron chi connectivity index (χ3n) is 3.63. The zero-order chi connectivity index (χ0) is 16.1. The number of benzene rings is 2. The van der Waals surface area contributed by atoms with Gasteiger partial charge in [-0.3, -0.25) is 4.79 Å². The van der Waals surface area contributed by atoms with Crippen LogP contribution in [-0.2, 0) is 0 Å². The summed E-state index contributed by atoms with van der Waals surface area (Å²) < 4.78 is 11.3. The van der Waals surface area contributed by atoms with Crippen LogP contribution >= 0.6 is 15.9 Å². The Balaban J connectivity index is 1.89. The highest BCUT2D eigenvalue weighted by Gasteiger charge is 2.09. The highest BCUT2D eigenvalue weighted by molar-refractivity contribution is 9.09. The molecule has 3 aromatic rings. The van der Waals surface area contributed by atoms with Crippen LogP contribution in [0.15, 0.2) is 64.0 Å². The minimum Gasteiger partial charge on any atom is -0.493 e. The van der Waals surface area contributed by atoms with E-state index in [1.165, 1.54) is 6.26 Å². The molecule has 0 atom stereocenters. The lowest BCUT2D eigenvalue weighted by molar-refractivity contribution is 0.310. The van der Waals surface area contributed by atoms with E-state index in [1.807, 2.05) is 36.4 Å². The minimum atomic E-state index is -0.0247. The summed E-state index contributed by atoms with van der Waals surface area (Å²) in [5.74, 6) is 0.725. The molecule has 0 aliphatic rings. The molecule has 1 aromatic heterocycles. The highest BCUT2D eigenvalue weighted by atomic mass is 79.9. The first-order valence-corrected chi connectivity index (χ1v) is 8.71. The van der Waals surface area contributed by atoms with Crippen LogP contribution in [0.2, 0.25) is 0 Å². The Morgan fingerprint density at radius 3 is 2.65 bits per heavy atom. The third-order valence-corrected chi connectivity index (χ3v) is 4.19. The zero-order valence-corrected chi connectivity index (χ0v) is 14.2. The summed E-state index contributed by atoms with van der Waals surface area (Å²) in [5, 5.41) is 1.55. The molecule has 0 bridgehead atoms. The van der Waals surface area contributed by atoms with E-state index >= 15 is 0 Å². The molecule has 0 saturated carbocycles. The monoisotopic (exact) mass is 372 g/mol. The van der Waals surface area contributed by atoms with Gasteiger partial charge in [-0.2, -0.15) is 0 Å². The normalized spacial score (nSPS) is 10.8. The number of unbranched alkanes of at least 4 members (excludes halogenated alkanes) is 1. The van der Waals surface area contributed by atoms with Crippen molar-refractivity contribution in [3.63, 3.8) is 0 Å². The molecule has 0 saturated heterocycles. The molecule has 4 heteroatoms. The molecule has 0 unspecified atom stereocenters. The molecule has 0 amide bonds. The maximum Gasteiger partial charge on any atom is 0.200 e. The molecule has 0 aliphatic heterocycles. The second-order valence-electron chi connectivity index (χ2n) is 5.25. The third kappa shape index (κ3) is 3.64. The maximum atomic E-state index is 12.6. The quantitative estimate of drug-likeness (QED) is 0.450. The van der Waals surface area contributed by atoms with Crippen LogP contribution in [0.25, 0.3) is 22.1 Å². The van der Waals surface area contributed by atoms with Gasteiger partial charge in [-0.15, -0.1) is 0 Å². The zero-order valence-electron chi connectivity index (χ0n) is 12.6. The molecule has 0 spiro atoms. The fourth-order valence-corrected chi connectivity index (χ4v) is 2.80. The molecule has 23 heavy (non-hydrogen) atoms. The van der Waals surface area contributed by atoms with Gasteiger partial charge in [-0.25, -0.2) is 0 Å². The number of rotatable bonds is 6. The maximum absolute atomic E-state index is 12.6. The van der Waals surface area contributed by atoms with Gasteiger partial charge in [0.05, 0.1) is 17.6 Å². The Morgan fingerprint density at radius 1 is 1.04 bits per heavy atom. The van der Waals surface area contributed by atoms with Gasteiger partial charge in [0.15, 0.2) is 5.43 Å². The van der Waals surface area contributed by atoms with E-state index in [2.05, 4.69) is 15.9 Å². The minimum absolute atomic E-state index is 0.0247. The van der Waals surface area contributed by atoms with Crippen molar-refractivity contribution < 1.29 is 9.15 Å². The van der Waals surface area contributed by atoms with Crippen LogP contribution in [0.4, 0.5) is 0 Å². The molecule has 3 rings (SSSR count). The lowest BCUT2D eigenvalue weighted by Crippen LogP contribution is -2.05. The summed E-state index contributed by atoms with van der Waals surface area (Å²) >= 11 is 3.40. The Bertz CT molecular complexity index is 840. The Hall–Kier alpha value is -2.07. The highest BCUT2D eigenvalue weighted by Crippen LogP contribution is 2.23. The van der Waals surface area contributed by atoms with Gasteiger partial charge in [0, 0.05) is 11.4 Å². The van der Waals surface area contributed by atoms with Crippen molar-refractivity contribution >= 4 is 26.9 Å². The summed E-state index contributed by atoms with van der Waals surface area (Å²) in [6, 6.07) is 14.9. The van der Waals surface area contributed by atoms with Crippen LogP contribution in [0.5, 0.6) is 5.75 Å². The van der Waals surface area contributed by atoms with Crippen molar-refractivity contribution in [2.75, 3.05) is 11.9 Å². The SMILES string of the molecule is O=c1c(-c2ccccc2)coc2cc(OCCCCBr)ccc12. The first-order chi connectivity index (χ1) is 11.3. The lowest BCUT2D eigenvalue weighted by atomic mass is 10.1. The lowest BCUT2D eigenvalue weighted by Gasteiger charge is -2.07. The number of alkyl halides is 1. The Morgan fingerprint density at radius 2 is 1.87 bits per heavy atom. The van der Waals surface area contributed by atoms with Crippen LogP contribution in [0.3, 0.4) is 0 Å². The molecular formula is C19H17BrO3. The van der Waals surface area contributed by atoms with Crippen molar-refractivity contribution in [1.82, 2.24) is 0 Å². The van der Waals surface area contributed by atoms with Crippen LogP contribution < -0.4 is 10.2 Å². The number of fused-ring (bicyclic) bond motifs is 1. The van der Waals surface area contributed by atoms with Gasteiger partial charge in [-0.1, -0.05) is 46.3 Å². The number of hydrogen-bond acceptors (Lipinski definition) is 3. The van der Waals surface area contributed by atoms with Gasteiger partial charge in [-0.05, 0) is 30.5 Å². The molecule has 2 aromatic carbocycles. The van der Waals surface area contributed by atoms with Gasteiger partial charge < -0.3 is 9.15 Å². The number of halogens is 1. The van der Waals surface area contributed by atoms with E-state index in [4.69, 9.17) is 9.15 Å². The smallest absolute Gasteiger partial charge is 0.200 e. The van der Waals surface area contributed by atoms with Crippen LogP contribution in [0.1, 0.15) is 12.8 Å². The number of hydrogen-bond donors (Lipinski definition) is 0. The van der Waals surface area contributed by atoms with E-state index in [-0.39, 0.29) is 5.43 Å². The van der Waals surface area contributed by atoms with E-state index in [9.17, 15) is 4.79 Å². The van der Waals surface area contributed by atoms with Crippen LogP contribution in [0, 0.1) is 0 Å². The Labute approximate surface area is 143 Å². The topological polar surface area (TPSA) is 39.4 Å². The average molecular weight is 373 g/mol. The summed E-state index contributed by atoms with van der Waals surface area (Å²) in [4.78, 5) is 12.6. The second-order valence-corrected chi connectivity index (χ2v) is 6.04. The fraction of sp³-hybridized carbons (Fsp3) is 0.211. The first-order valence-electron chi connectivity index (χ1n) is 7.59. The summed E-state index contributed by atoms with van der Waals surface area (Å²) in [6.45, 7) is 0.656. The molecule has 0 aliphatic carbocycles. The van der Waals surface area contributed by atoms with E-state index in [0.29, 0.717) is 23.1 Å². The fourth-order valence-electron chi connectivity index (χ4n) is 2.40. The van der Waals surface area contributed by atoms with Crippen molar-refractivity contribution in [3.8, 4) is 16.9 Å². The first kappa shape index (κ1) is 15.8. The largest absolute Gasteiger partial charge is 0.493 e. The molecule has 0 fully saturated rings. The van der Waals surface area contributed by atoms with E-state index in [0.717, 1.165) is 29.5 Å². The van der Waals surface area contributed by atoms with Crippen molar-refractivity contribution in [2.24, 2.45) is 0 Å². The molecule has 118 valence electrons.